The molecule has 1 N–H and O–H groups in total. The van der Waals surface area contributed by atoms with Crippen LogP contribution >= 0.6 is 0 Å². The normalized spacial score (nSPS) is 14.3. The summed E-state index contributed by atoms with van der Waals surface area (Å²) in [6.45, 7) is 6.32. The van der Waals surface area contributed by atoms with Crippen molar-refractivity contribution in [3.05, 3.63) is 84.8 Å². The molecule has 0 bridgehead atoms. The third-order valence-electron chi connectivity index (χ3n) is 6.44. The fourth-order valence-corrected chi connectivity index (χ4v) is 4.69. The third-order valence-corrected chi connectivity index (χ3v) is 6.44. The van der Waals surface area contributed by atoms with Crippen molar-refractivity contribution in [3.8, 4) is 22.4 Å². The van der Waals surface area contributed by atoms with Crippen LogP contribution < -0.4 is 10.2 Å². The highest BCUT2D eigenvalue weighted by molar-refractivity contribution is 5.95. The zero-order chi connectivity index (χ0) is 21.5. The number of nitrogens with one attached hydrogen (secondary N) is 1. The van der Waals surface area contributed by atoms with E-state index in [-0.39, 0.29) is 0 Å². The summed E-state index contributed by atoms with van der Waals surface area (Å²) >= 11 is 0. The van der Waals surface area contributed by atoms with Crippen LogP contribution in [0.4, 0.5) is 5.69 Å². The van der Waals surface area contributed by atoms with E-state index in [4.69, 9.17) is 4.98 Å². The Kier molecular flexibility index (Phi) is 4.62. The molecule has 32 heavy (non-hydrogen) atoms. The minimum absolute atomic E-state index is 0.946. The number of para-hydroxylation sites is 1. The van der Waals surface area contributed by atoms with Crippen molar-refractivity contribution in [2.75, 3.05) is 31.1 Å². The predicted octanol–water partition coefficient (Wildman–Crippen LogP) is 4.93. The van der Waals surface area contributed by atoms with Gasteiger partial charge in [-0.3, -0.25) is 9.38 Å². The standard InChI is InChI=1S/C27H25N5/c1-19-3-2-4-24-23(9-11-29-27(19)24)25-18-30-26-17-21(10-14-32(25)26)20-5-7-22(8-6-20)31-15-12-28-13-16-31/h2-11,14,17-18,28H,12-13,15-16H2,1H3. The molecule has 1 aliphatic heterocycles. The first-order chi connectivity index (χ1) is 15.8. The van der Waals surface area contributed by atoms with Gasteiger partial charge in [0.05, 0.1) is 17.4 Å². The van der Waals surface area contributed by atoms with Crippen molar-refractivity contribution in [1.82, 2.24) is 19.7 Å². The lowest BCUT2D eigenvalue weighted by molar-refractivity contribution is 0.589. The van der Waals surface area contributed by atoms with Crippen molar-refractivity contribution >= 4 is 22.2 Å². The van der Waals surface area contributed by atoms with Gasteiger partial charge >= 0.3 is 0 Å². The summed E-state index contributed by atoms with van der Waals surface area (Å²) in [5.74, 6) is 0. The number of fused-ring (bicyclic) bond motifs is 2. The van der Waals surface area contributed by atoms with Crippen LogP contribution in [0.15, 0.2) is 79.3 Å². The smallest absolute Gasteiger partial charge is 0.137 e. The molecule has 2 aromatic carbocycles. The van der Waals surface area contributed by atoms with Crippen molar-refractivity contribution in [3.63, 3.8) is 0 Å². The van der Waals surface area contributed by atoms with E-state index in [1.165, 1.54) is 22.4 Å². The number of imidazole rings is 1. The van der Waals surface area contributed by atoms with Gasteiger partial charge in [0.1, 0.15) is 5.65 Å². The summed E-state index contributed by atoms with van der Waals surface area (Å²) in [4.78, 5) is 11.8. The predicted molar refractivity (Wildman–Crippen MR) is 131 cm³/mol. The van der Waals surface area contributed by atoms with E-state index in [2.05, 4.69) is 93.4 Å². The van der Waals surface area contributed by atoms with Crippen molar-refractivity contribution in [1.29, 1.82) is 0 Å². The van der Waals surface area contributed by atoms with Gasteiger partial charge in [0.2, 0.25) is 0 Å². The van der Waals surface area contributed by atoms with Crippen LogP contribution in [0.2, 0.25) is 0 Å². The number of piperazine rings is 1. The molecule has 3 aromatic heterocycles. The van der Waals surface area contributed by atoms with Crippen LogP contribution in [0.1, 0.15) is 5.56 Å². The minimum atomic E-state index is 0.946. The van der Waals surface area contributed by atoms with Gasteiger partial charge in [-0.2, -0.15) is 0 Å². The number of aryl methyl sites for hydroxylation is 1. The van der Waals surface area contributed by atoms with E-state index < -0.39 is 0 Å². The Labute approximate surface area is 187 Å². The topological polar surface area (TPSA) is 45.5 Å². The maximum Gasteiger partial charge on any atom is 0.137 e. The van der Waals surface area contributed by atoms with Crippen LogP contribution in [-0.2, 0) is 0 Å². The van der Waals surface area contributed by atoms with Gasteiger partial charge in [0, 0.05) is 55.2 Å². The Hall–Kier alpha value is -3.70. The number of hydrogen-bond donors (Lipinski definition) is 1. The third kappa shape index (κ3) is 3.22. The first-order valence-corrected chi connectivity index (χ1v) is 11.2. The number of aromatic nitrogens is 3. The van der Waals surface area contributed by atoms with Crippen LogP contribution in [0.25, 0.3) is 38.9 Å². The van der Waals surface area contributed by atoms with Gasteiger partial charge in [0.25, 0.3) is 0 Å². The van der Waals surface area contributed by atoms with Gasteiger partial charge in [-0.05, 0) is 53.9 Å². The fourth-order valence-electron chi connectivity index (χ4n) is 4.69. The summed E-state index contributed by atoms with van der Waals surface area (Å²) in [6, 6.07) is 21.6. The van der Waals surface area contributed by atoms with E-state index >= 15 is 0 Å². The summed E-state index contributed by atoms with van der Waals surface area (Å²) in [7, 11) is 0. The molecule has 0 unspecified atom stereocenters. The maximum absolute atomic E-state index is 4.73. The van der Waals surface area contributed by atoms with Crippen molar-refractivity contribution < 1.29 is 0 Å². The fraction of sp³-hybridized carbons (Fsp3) is 0.185. The summed E-state index contributed by atoms with van der Waals surface area (Å²) in [5.41, 5.74) is 9.09. The quantitative estimate of drug-likeness (QED) is 0.450. The number of benzene rings is 2. The molecular formula is C27H25N5. The van der Waals surface area contributed by atoms with Crippen molar-refractivity contribution in [2.24, 2.45) is 0 Å². The lowest BCUT2D eigenvalue weighted by Gasteiger charge is -2.29. The molecule has 1 fully saturated rings. The van der Waals surface area contributed by atoms with Crippen LogP contribution in [0.3, 0.4) is 0 Å². The van der Waals surface area contributed by atoms with Crippen LogP contribution in [-0.4, -0.2) is 40.5 Å². The highest BCUT2D eigenvalue weighted by atomic mass is 15.2. The second kappa shape index (κ2) is 7.77. The van der Waals surface area contributed by atoms with Gasteiger partial charge in [-0.25, -0.2) is 4.98 Å². The summed E-state index contributed by atoms with van der Waals surface area (Å²) in [6.07, 6.45) is 5.97. The molecule has 1 saturated heterocycles. The SMILES string of the molecule is Cc1cccc2c(-c3cnc4cc(-c5ccc(N6CCNCC6)cc5)ccn34)ccnc12. The molecule has 0 atom stereocenters. The molecule has 5 aromatic rings. The van der Waals surface area contributed by atoms with Gasteiger partial charge in [0.15, 0.2) is 0 Å². The first kappa shape index (κ1) is 19.0. The van der Waals surface area contributed by atoms with Gasteiger partial charge in [-0.1, -0.05) is 30.3 Å². The zero-order valence-corrected chi connectivity index (χ0v) is 18.1. The van der Waals surface area contributed by atoms with E-state index in [1.54, 1.807) is 0 Å². The lowest BCUT2D eigenvalue weighted by atomic mass is 10.0. The largest absolute Gasteiger partial charge is 0.369 e. The maximum atomic E-state index is 4.73. The number of hydrogen-bond acceptors (Lipinski definition) is 4. The molecule has 0 radical (unpaired) electrons. The molecule has 5 heteroatoms. The Balaban J connectivity index is 1.36. The molecule has 158 valence electrons. The highest BCUT2D eigenvalue weighted by Crippen LogP contribution is 2.31. The van der Waals surface area contributed by atoms with Crippen LogP contribution in [0, 0.1) is 6.92 Å². The molecule has 4 heterocycles. The molecule has 6 rings (SSSR count). The average molecular weight is 420 g/mol. The van der Waals surface area contributed by atoms with Crippen LogP contribution in [0.5, 0.6) is 0 Å². The minimum Gasteiger partial charge on any atom is -0.369 e. The van der Waals surface area contributed by atoms with Gasteiger partial charge < -0.3 is 10.2 Å². The first-order valence-electron chi connectivity index (χ1n) is 11.2. The zero-order valence-electron chi connectivity index (χ0n) is 18.1. The monoisotopic (exact) mass is 419 g/mol. The van der Waals surface area contributed by atoms with E-state index in [1.807, 2.05) is 12.4 Å². The molecule has 0 aliphatic carbocycles. The molecule has 0 amide bonds. The summed E-state index contributed by atoms with van der Waals surface area (Å²) in [5, 5.41) is 4.57. The van der Waals surface area contributed by atoms with Crippen molar-refractivity contribution in [2.45, 2.75) is 6.92 Å². The van der Waals surface area contributed by atoms with E-state index in [0.29, 0.717) is 0 Å². The summed E-state index contributed by atoms with van der Waals surface area (Å²) < 4.78 is 2.16. The highest BCUT2D eigenvalue weighted by Gasteiger charge is 2.13. The number of anilines is 1. The average Bonchev–Trinajstić information content (AvgIpc) is 3.28. The Bertz CT molecular complexity index is 1410. The Morgan fingerprint density at radius 3 is 2.56 bits per heavy atom. The number of nitrogens with zero attached hydrogens (tertiary/aromatic N) is 4. The van der Waals surface area contributed by atoms with E-state index in [0.717, 1.165) is 54.0 Å². The molecule has 0 saturated carbocycles. The molecule has 0 spiro atoms. The number of rotatable bonds is 3. The molecule has 1 aliphatic rings. The molecule has 5 nitrogen and oxygen atoms in total. The molecular weight excluding hydrogens is 394 g/mol. The Morgan fingerprint density at radius 1 is 0.875 bits per heavy atom. The lowest BCUT2D eigenvalue weighted by Crippen LogP contribution is -2.43. The second-order valence-corrected chi connectivity index (χ2v) is 8.40. The van der Waals surface area contributed by atoms with E-state index in [9.17, 15) is 0 Å². The Morgan fingerprint density at radius 2 is 1.72 bits per heavy atom. The number of pyridine rings is 2. The second-order valence-electron chi connectivity index (χ2n) is 8.40. The van der Waals surface area contributed by atoms with Gasteiger partial charge in [-0.15, -0.1) is 0 Å².